The van der Waals surface area contributed by atoms with Gasteiger partial charge in [0.05, 0.1) is 6.04 Å². The minimum Gasteiger partial charge on any atom is -0.339 e. The van der Waals surface area contributed by atoms with Crippen molar-refractivity contribution in [2.45, 2.75) is 45.6 Å². The molecule has 116 valence electrons. The van der Waals surface area contributed by atoms with Crippen molar-refractivity contribution in [3.8, 4) is 0 Å². The Morgan fingerprint density at radius 1 is 1.20 bits per heavy atom. The van der Waals surface area contributed by atoms with Gasteiger partial charge in [0.25, 0.3) is 0 Å². The number of rotatable bonds is 6. The minimum atomic E-state index is 0.0678. The average Bonchev–Trinajstić information content (AvgIpc) is 2.44. The van der Waals surface area contributed by atoms with Crippen LogP contribution >= 0.6 is 0 Å². The van der Waals surface area contributed by atoms with Crippen molar-refractivity contribution in [3.63, 3.8) is 0 Å². The lowest BCUT2D eigenvalue weighted by Gasteiger charge is -2.40. The quantitative estimate of drug-likeness (QED) is 0.741. The van der Waals surface area contributed by atoms with Crippen LogP contribution in [0.2, 0.25) is 0 Å². The highest BCUT2D eigenvalue weighted by Gasteiger charge is 2.29. The summed E-state index contributed by atoms with van der Waals surface area (Å²) in [6, 6.07) is 0.0678. The van der Waals surface area contributed by atoms with E-state index in [-0.39, 0.29) is 6.04 Å². The number of hydrogen-bond donors (Lipinski definition) is 0. The first-order chi connectivity index (χ1) is 9.65. The van der Waals surface area contributed by atoms with Gasteiger partial charge in [-0.05, 0) is 38.8 Å². The molecule has 0 N–H and O–H groups in total. The molecule has 1 amide bonds. The Kier molecular flexibility index (Phi) is 5.85. The maximum Gasteiger partial charge on any atom is 0.239 e. The molecule has 1 heterocycles. The molecule has 2 aliphatic rings. The van der Waals surface area contributed by atoms with Crippen LogP contribution in [0.1, 0.15) is 39.5 Å². The zero-order chi connectivity index (χ0) is 14.5. The third kappa shape index (κ3) is 3.73. The molecule has 1 aliphatic carbocycles. The van der Waals surface area contributed by atoms with Gasteiger partial charge in [-0.25, -0.2) is 0 Å². The molecule has 4 heteroatoms. The van der Waals surface area contributed by atoms with Gasteiger partial charge in [-0.3, -0.25) is 14.6 Å². The Balaban J connectivity index is 1.78. The first kappa shape index (κ1) is 15.8. The Morgan fingerprint density at radius 3 is 2.30 bits per heavy atom. The molecule has 0 unspecified atom stereocenters. The Hall–Kier alpha value is -0.610. The van der Waals surface area contributed by atoms with E-state index in [1.807, 2.05) is 0 Å². The Labute approximate surface area is 124 Å². The van der Waals surface area contributed by atoms with Gasteiger partial charge in [-0.15, -0.1) is 0 Å². The SMILES string of the molecule is CC[C@@H](C(=O)N1CCN(CC2CCC2)CC1)N(C)CC. The predicted octanol–water partition coefficient (Wildman–Crippen LogP) is 1.66. The zero-order valence-corrected chi connectivity index (χ0v) is 13.5. The Morgan fingerprint density at radius 2 is 1.85 bits per heavy atom. The van der Waals surface area contributed by atoms with Crippen molar-refractivity contribution in [2.75, 3.05) is 46.3 Å². The summed E-state index contributed by atoms with van der Waals surface area (Å²) in [7, 11) is 2.05. The number of piperazine rings is 1. The van der Waals surface area contributed by atoms with Crippen LogP contribution in [0.5, 0.6) is 0 Å². The van der Waals surface area contributed by atoms with E-state index in [2.05, 4.69) is 35.6 Å². The second-order valence-electron chi connectivity index (χ2n) is 6.42. The molecule has 20 heavy (non-hydrogen) atoms. The topological polar surface area (TPSA) is 26.8 Å². The van der Waals surface area contributed by atoms with Crippen LogP contribution < -0.4 is 0 Å². The van der Waals surface area contributed by atoms with E-state index in [1.165, 1.54) is 25.8 Å². The lowest BCUT2D eigenvalue weighted by atomic mass is 9.85. The van der Waals surface area contributed by atoms with Crippen molar-refractivity contribution in [2.24, 2.45) is 5.92 Å². The molecular weight excluding hydrogens is 250 g/mol. The van der Waals surface area contributed by atoms with Gasteiger partial charge in [0, 0.05) is 32.7 Å². The van der Waals surface area contributed by atoms with Crippen molar-refractivity contribution >= 4 is 5.91 Å². The van der Waals surface area contributed by atoms with Gasteiger partial charge in [-0.2, -0.15) is 0 Å². The number of hydrogen-bond acceptors (Lipinski definition) is 3. The molecule has 1 saturated heterocycles. The van der Waals surface area contributed by atoms with Crippen LogP contribution in [0, 0.1) is 5.92 Å². The Bertz CT molecular complexity index is 309. The first-order valence-electron chi connectivity index (χ1n) is 8.37. The van der Waals surface area contributed by atoms with Gasteiger partial charge in [0.1, 0.15) is 0 Å². The summed E-state index contributed by atoms with van der Waals surface area (Å²) >= 11 is 0. The lowest BCUT2D eigenvalue weighted by Crippen LogP contribution is -2.55. The number of carbonyl (C=O) groups excluding carboxylic acids is 1. The van der Waals surface area contributed by atoms with E-state index in [4.69, 9.17) is 0 Å². The minimum absolute atomic E-state index is 0.0678. The molecular formula is C16H31N3O. The molecule has 1 atom stereocenters. The van der Waals surface area contributed by atoms with E-state index in [9.17, 15) is 4.79 Å². The molecule has 0 bridgehead atoms. The molecule has 2 fully saturated rings. The molecule has 1 saturated carbocycles. The van der Waals surface area contributed by atoms with Crippen LogP contribution in [-0.4, -0.2) is 73.0 Å². The highest BCUT2D eigenvalue weighted by Crippen LogP contribution is 2.27. The summed E-state index contributed by atoms with van der Waals surface area (Å²) < 4.78 is 0. The van der Waals surface area contributed by atoms with Gasteiger partial charge < -0.3 is 4.90 Å². The molecule has 0 aromatic heterocycles. The van der Waals surface area contributed by atoms with Gasteiger partial charge in [-0.1, -0.05) is 20.3 Å². The maximum absolute atomic E-state index is 12.6. The monoisotopic (exact) mass is 281 g/mol. The van der Waals surface area contributed by atoms with Crippen molar-refractivity contribution in [1.29, 1.82) is 0 Å². The smallest absolute Gasteiger partial charge is 0.239 e. The third-order valence-corrected chi connectivity index (χ3v) is 5.13. The highest BCUT2D eigenvalue weighted by molar-refractivity contribution is 5.82. The molecule has 0 radical (unpaired) electrons. The second-order valence-corrected chi connectivity index (χ2v) is 6.42. The molecule has 2 rings (SSSR count). The molecule has 0 spiro atoms. The van der Waals surface area contributed by atoms with E-state index in [0.29, 0.717) is 5.91 Å². The third-order valence-electron chi connectivity index (χ3n) is 5.13. The van der Waals surface area contributed by atoms with Crippen LogP contribution in [0.3, 0.4) is 0 Å². The molecule has 1 aliphatic heterocycles. The summed E-state index contributed by atoms with van der Waals surface area (Å²) in [5.41, 5.74) is 0. The van der Waals surface area contributed by atoms with Crippen LogP contribution in [0.25, 0.3) is 0 Å². The molecule has 4 nitrogen and oxygen atoms in total. The van der Waals surface area contributed by atoms with E-state index in [1.54, 1.807) is 0 Å². The van der Waals surface area contributed by atoms with E-state index < -0.39 is 0 Å². The van der Waals surface area contributed by atoms with E-state index >= 15 is 0 Å². The van der Waals surface area contributed by atoms with Gasteiger partial charge in [0.15, 0.2) is 0 Å². The lowest BCUT2D eigenvalue weighted by molar-refractivity contribution is -0.138. The normalized spacial score (nSPS) is 22.9. The standard InChI is InChI=1S/C16H31N3O/c1-4-15(17(3)5-2)16(20)19-11-9-18(10-12-19)13-14-7-6-8-14/h14-15H,4-13H2,1-3H3/t15-/m0/s1. The first-order valence-corrected chi connectivity index (χ1v) is 8.37. The number of likely N-dealkylation sites (N-methyl/N-ethyl adjacent to an activating group) is 1. The highest BCUT2D eigenvalue weighted by atomic mass is 16.2. The van der Waals surface area contributed by atoms with E-state index in [0.717, 1.165) is 45.1 Å². The fourth-order valence-electron chi connectivity index (χ4n) is 3.30. The zero-order valence-electron chi connectivity index (χ0n) is 13.5. The average molecular weight is 281 g/mol. The summed E-state index contributed by atoms with van der Waals surface area (Å²) in [6.07, 6.45) is 5.16. The van der Waals surface area contributed by atoms with Crippen molar-refractivity contribution < 1.29 is 4.79 Å². The largest absolute Gasteiger partial charge is 0.339 e. The van der Waals surface area contributed by atoms with Crippen molar-refractivity contribution in [3.05, 3.63) is 0 Å². The predicted molar refractivity (Wildman–Crippen MR) is 82.7 cm³/mol. The number of nitrogens with zero attached hydrogens (tertiary/aromatic N) is 3. The van der Waals surface area contributed by atoms with Crippen LogP contribution in [0.4, 0.5) is 0 Å². The maximum atomic E-state index is 12.6. The summed E-state index contributed by atoms with van der Waals surface area (Å²) in [6.45, 7) is 10.4. The van der Waals surface area contributed by atoms with Crippen LogP contribution in [0.15, 0.2) is 0 Å². The van der Waals surface area contributed by atoms with Crippen molar-refractivity contribution in [1.82, 2.24) is 14.7 Å². The number of carbonyl (C=O) groups is 1. The summed E-state index contributed by atoms with van der Waals surface area (Å²) in [4.78, 5) is 19.4. The van der Waals surface area contributed by atoms with Gasteiger partial charge >= 0.3 is 0 Å². The van der Waals surface area contributed by atoms with Gasteiger partial charge in [0.2, 0.25) is 5.91 Å². The molecule has 0 aromatic carbocycles. The summed E-state index contributed by atoms with van der Waals surface area (Å²) in [5.74, 6) is 1.27. The fourth-order valence-corrected chi connectivity index (χ4v) is 3.30. The van der Waals surface area contributed by atoms with Crippen LogP contribution in [-0.2, 0) is 4.79 Å². The second kappa shape index (κ2) is 7.41. The number of amides is 1. The summed E-state index contributed by atoms with van der Waals surface area (Å²) in [5, 5.41) is 0. The fraction of sp³-hybridized carbons (Fsp3) is 0.938. The molecule has 0 aromatic rings.